The summed E-state index contributed by atoms with van der Waals surface area (Å²) in [6.07, 6.45) is 0. The quantitative estimate of drug-likeness (QED) is 0.160. The smallest absolute Gasteiger partial charge is 0.260 e. The van der Waals surface area contributed by atoms with Crippen LogP contribution in [0.25, 0.3) is 20.2 Å². The van der Waals surface area contributed by atoms with Crippen LogP contribution in [0.1, 0.15) is 0 Å². The standard InChI is InChI=1S/C48H31BN2O2S/c1-5-15-32(16-6-1)50(33-17-7-2-8-18-33)36-25-26-38-39-30-43-41(31-47(39)54-46(38)29-36)49-40-23-13-14-24-42(40)52-44-27-37(28-45(53-43)48(44)49)51(34-19-9-3-10-20-34)35-21-11-4-12-22-35/h1-31H. The van der Waals surface area contributed by atoms with E-state index >= 15 is 0 Å². The van der Waals surface area contributed by atoms with Crippen molar-refractivity contribution < 1.29 is 9.47 Å². The van der Waals surface area contributed by atoms with E-state index in [0.717, 1.165) is 73.5 Å². The van der Waals surface area contributed by atoms with Crippen molar-refractivity contribution in [2.75, 3.05) is 9.80 Å². The largest absolute Gasteiger partial charge is 0.458 e. The van der Waals surface area contributed by atoms with E-state index in [1.54, 1.807) is 0 Å². The zero-order valence-electron chi connectivity index (χ0n) is 29.1. The Hall–Kier alpha value is -6.76. The molecule has 0 unspecified atom stereocenters. The summed E-state index contributed by atoms with van der Waals surface area (Å²) < 4.78 is 16.2. The molecule has 1 aromatic heterocycles. The summed E-state index contributed by atoms with van der Waals surface area (Å²) in [5.41, 5.74) is 9.83. The van der Waals surface area contributed by atoms with Gasteiger partial charge < -0.3 is 19.3 Å². The van der Waals surface area contributed by atoms with Gasteiger partial charge in [-0.15, -0.1) is 11.3 Å². The minimum atomic E-state index is -0.0310. The van der Waals surface area contributed by atoms with Crippen molar-refractivity contribution >= 4 is 88.7 Å². The van der Waals surface area contributed by atoms with Gasteiger partial charge in [-0.25, -0.2) is 0 Å². The third kappa shape index (κ3) is 4.99. The van der Waals surface area contributed by atoms with Crippen molar-refractivity contribution in [1.82, 2.24) is 0 Å². The molecule has 0 N–H and O–H groups in total. The maximum absolute atomic E-state index is 7.00. The summed E-state index contributed by atoms with van der Waals surface area (Å²) in [5.74, 6) is 3.38. The Bertz CT molecular complexity index is 2770. The Labute approximate surface area is 317 Å². The molecule has 2 aliphatic heterocycles. The minimum Gasteiger partial charge on any atom is -0.458 e. The van der Waals surface area contributed by atoms with E-state index in [-0.39, 0.29) is 6.71 Å². The van der Waals surface area contributed by atoms with Crippen LogP contribution in [0.5, 0.6) is 23.0 Å². The SMILES string of the molecule is c1ccc(N(c2ccccc2)c2cc3c4c(c2)Oc2cc5c(cc2B4c2ccccc2O3)sc2cc(N(c3ccccc3)c3ccccc3)ccc25)cc1. The van der Waals surface area contributed by atoms with E-state index in [1.165, 1.54) is 20.2 Å². The Balaban J connectivity index is 1.08. The van der Waals surface area contributed by atoms with E-state index in [2.05, 4.69) is 186 Å². The Morgan fingerprint density at radius 1 is 0.352 bits per heavy atom. The number of hydrogen-bond donors (Lipinski definition) is 0. The van der Waals surface area contributed by atoms with Gasteiger partial charge in [-0.3, -0.25) is 0 Å². The predicted molar refractivity (Wildman–Crippen MR) is 226 cm³/mol. The van der Waals surface area contributed by atoms with Gasteiger partial charge in [-0.2, -0.15) is 0 Å². The van der Waals surface area contributed by atoms with E-state index in [4.69, 9.17) is 9.47 Å². The normalized spacial score (nSPS) is 12.3. The molecule has 0 atom stereocenters. The lowest BCUT2D eigenvalue weighted by molar-refractivity contribution is 0.465. The van der Waals surface area contributed by atoms with Crippen molar-refractivity contribution in [1.29, 1.82) is 0 Å². The Morgan fingerprint density at radius 2 is 0.852 bits per heavy atom. The zero-order valence-corrected chi connectivity index (χ0v) is 29.9. The molecular weight excluding hydrogens is 679 g/mol. The van der Waals surface area contributed by atoms with Crippen LogP contribution < -0.4 is 35.7 Å². The zero-order chi connectivity index (χ0) is 35.6. The number of benzene rings is 8. The molecule has 0 saturated heterocycles. The number of thiophene rings is 1. The van der Waals surface area contributed by atoms with Crippen LogP contribution in [0.15, 0.2) is 188 Å². The molecule has 0 fully saturated rings. The number of ether oxygens (including phenoxy) is 2. The predicted octanol–water partition coefficient (Wildman–Crippen LogP) is 11.7. The van der Waals surface area contributed by atoms with E-state index < -0.39 is 0 Å². The number of rotatable bonds is 6. The van der Waals surface area contributed by atoms with Crippen molar-refractivity contribution in [2.24, 2.45) is 0 Å². The first-order valence-corrected chi connectivity index (χ1v) is 19.0. The molecule has 2 aliphatic rings. The number of para-hydroxylation sites is 5. The highest BCUT2D eigenvalue weighted by molar-refractivity contribution is 7.26. The monoisotopic (exact) mass is 710 g/mol. The molecule has 11 rings (SSSR count). The van der Waals surface area contributed by atoms with Gasteiger partial charge in [0.05, 0.1) is 5.69 Å². The molecule has 254 valence electrons. The first-order valence-electron chi connectivity index (χ1n) is 18.2. The molecule has 0 amide bonds. The molecule has 8 aromatic carbocycles. The number of anilines is 6. The van der Waals surface area contributed by atoms with Crippen LogP contribution in [0.4, 0.5) is 34.1 Å². The summed E-state index contributed by atoms with van der Waals surface area (Å²) >= 11 is 1.84. The van der Waals surface area contributed by atoms with E-state index in [1.807, 2.05) is 23.5 Å². The van der Waals surface area contributed by atoms with Gasteiger partial charge in [-0.05, 0) is 89.8 Å². The highest BCUT2D eigenvalue weighted by Gasteiger charge is 2.41. The molecule has 9 aromatic rings. The van der Waals surface area contributed by atoms with Gasteiger partial charge in [0.15, 0.2) is 0 Å². The van der Waals surface area contributed by atoms with Gasteiger partial charge >= 0.3 is 0 Å². The van der Waals surface area contributed by atoms with Crippen molar-refractivity contribution in [3.05, 3.63) is 188 Å². The second-order valence-corrected chi connectivity index (χ2v) is 14.8. The van der Waals surface area contributed by atoms with Crippen LogP contribution in [0.2, 0.25) is 0 Å². The second-order valence-electron chi connectivity index (χ2n) is 13.7. The molecule has 0 saturated carbocycles. The summed E-state index contributed by atoms with van der Waals surface area (Å²) in [6.45, 7) is -0.0310. The molecule has 54 heavy (non-hydrogen) atoms. The molecule has 4 nitrogen and oxygen atoms in total. The van der Waals surface area contributed by atoms with Gasteiger partial charge in [0.25, 0.3) is 6.71 Å². The lowest BCUT2D eigenvalue weighted by Gasteiger charge is -2.35. The van der Waals surface area contributed by atoms with Crippen LogP contribution >= 0.6 is 11.3 Å². The molecule has 3 heterocycles. The fourth-order valence-corrected chi connectivity index (χ4v) is 9.33. The van der Waals surface area contributed by atoms with Crippen LogP contribution in [0.3, 0.4) is 0 Å². The number of fused-ring (bicyclic) bond motifs is 7. The summed E-state index contributed by atoms with van der Waals surface area (Å²) in [6, 6.07) is 66.3. The second kappa shape index (κ2) is 12.4. The fraction of sp³-hybridized carbons (Fsp3) is 0. The maximum Gasteiger partial charge on any atom is 0.260 e. The molecular formula is C48H31BN2O2S. The van der Waals surface area contributed by atoms with Gasteiger partial charge in [0.2, 0.25) is 0 Å². The topological polar surface area (TPSA) is 24.9 Å². The lowest BCUT2D eigenvalue weighted by Crippen LogP contribution is -2.57. The average molecular weight is 711 g/mol. The third-order valence-electron chi connectivity index (χ3n) is 10.5. The van der Waals surface area contributed by atoms with Gasteiger partial charge in [0, 0.05) is 66.2 Å². The average Bonchev–Trinajstić information content (AvgIpc) is 3.58. The highest BCUT2D eigenvalue weighted by atomic mass is 32.1. The number of hydrogen-bond acceptors (Lipinski definition) is 5. The van der Waals surface area contributed by atoms with Gasteiger partial charge in [0.1, 0.15) is 23.0 Å². The van der Waals surface area contributed by atoms with E-state index in [0.29, 0.717) is 0 Å². The lowest BCUT2D eigenvalue weighted by atomic mass is 9.35. The maximum atomic E-state index is 7.00. The van der Waals surface area contributed by atoms with Crippen molar-refractivity contribution in [2.45, 2.75) is 0 Å². The van der Waals surface area contributed by atoms with E-state index in [9.17, 15) is 0 Å². The molecule has 0 aliphatic carbocycles. The summed E-state index contributed by atoms with van der Waals surface area (Å²) in [5, 5.41) is 2.42. The molecule has 0 spiro atoms. The van der Waals surface area contributed by atoms with Gasteiger partial charge in [-0.1, -0.05) is 97.1 Å². The summed E-state index contributed by atoms with van der Waals surface area (Å²) in [4.78, 5) is 4.58. The van der Waals surface area contributed by atoms with Crippen LogP contribution in [0, 0.1) is 0 Å². The Kier molecular flexibility index (Phi) is 7.10. The van der Waals surface area contributed by atoms with Crippen LogP contribution in [-0.2, 0) is 0 Å². The third-order valence-corrected chi connectivity index (χ3v) is 11.6. The highest BCUT2D eigenvalue weighted by Crippen LogP contribution is 2.45. The fourth-order valence-electron chi connectivity index (χ4n) is 8.16. The van der Waals surface area contributed by atoms with Crippen molar-refractivity contribution in [3.63, 3.8) is 0 Å². The molecule has 0 radical (unpaired) electrons. The first-order chi connectivity index (χ1) is 26.8. The molecule has 6 heteroatoms. The summed E-state index contributed by atoms with van der Waals surface area (Å²) in [7, 11) is 0. The number of nitrogens with zero attached hydrogens (tertiary/aromatic N) is 2. The molecule has 0 bridgehead atoms. The first kappa shape index (κ1) is 30.8. The minimum absolute atomic E-state index is 0.0310. The van der Waals surface area contributed by atoms with Crippen LogP contribution in [-0.4, -0.2) is 6.71 Å². The van der Waals surface area contributed by atoms with Crippen molar-refractivity contribution in [3.8, 4) is 23.0 Å². The Morgan fingerprint density at radius 3 is 1.44 bits per heavy atom.